The van der Waals surface area contributed by atoms with Crippen molar-refractivity contribution in [2.24, 2.45) is 0 Å². The molecule has 0 aliphatic rings. The predicted molar refractivity (Wildman–Crippen MR) is 77.3 cm³/mol. The van der Waals surface area contributed by atoms with Crippen LogP contribution in [0.1, 0.15) is 16.7 Å². The number of aryl methyl sites for hydroxylation is 1. The fourth-order valence-corrected chi connectivity index (χ4v) is 1.81. The minimum atomic E-state index is -4.41. The van der Waals surface area contributed by atoms with Gasteiger partial charge < -0.3 is 4.74 Å². The summed E-state index contributed by atoms with van der Waals surface area (Å²) in [5.74, 6) is -0.262. The van der Waals surface area contributed by atoms with Gasteiger partial charge in [0.2, 0.25) is 0 Å². The zero-order chi connectivity index (χ0) is 16.2. The number of alkyl halides is 3. The third kappa shape index (κ3) is 4.48. The van der Waals surface area contributed by atoms with E-state index >= 15 is 0 Å². The molecule has 0 aliphatic heterocycles. The molecule has 0 saturated heterocycles. The van der Waals surface area contributed by atoms with Crippen LogP contribution in [0.15, 0.2) is 54.6 Å². The van der Waals surface area contributed by atoms with Crippen LogP contribution in [0.5, 0.6) is 5.75 Å². The Balaban J connectivity index is 2.07. The first-order chi connectivity index (χ1) is 10.3. The zero-order valence-corrected chi connectivity index (χ0v) is 11.7. The maximum atomic E-state index is 12.6. The van der Waals surface area contributed by atoms with Crippen LogP contribution < -0.4 is 4.74 Å². The summed E-state index contributed by atoms with van der Waals surface area (Å²) in [6, 6.07) is 11.6. The van der Waals surface area contributed by atoms with E-state index in [1.165, 1.54) is 18.2 Å². The number of ether oxygens (including phenoxy) is 1. The maximum absolute atomic E-state index is 12.6. The van der Waals surface area contributed by atoms with Gasteiger partial charge in [0.25, 0.3) is 0 Å². The molecule has 2 aromatic rings. The summed E-state index contributed by atoms with van der Waals surface area (Å²) in [4.78, 5) is 11.6. The Morgan fingerprint density at radius 1 is 1.09 bits per heavy atom. The zero-order valence-electron chi connectivity index (χ0n) is 11.7. The first-order valence-electron chi connectivity index (χ1n) is 6.48. The van der Waals surface area contributed by atoms with E-state index in [-0.39, 0.29) is 5.56 Å². The highest BCUT2D eigenvalue weighted by atomic mass is 19.4. The highest BCUT2D eigenvalue weighted by molar-refractivity contribution is 5.88. The van der Waals surface area contributed by atoms with Gasteiger partial charge in [0, 0.05) is 6.08 Å². The lowest BCUT2D eigenvalue weighted by Gasteiger charge is -2.06. The van der Waals surface area contributed by atoms with E-state index in [1.807, 2.05) is 13.0 Å². The third-order valence-corrected chi connectivity index (χ3v) is 2.83. The number of hydrogen-bond acceptors (Lipinski definition) is 2. The van der Waals surface area contributed by atoms with Gasteiger partial charge >= 0.3 is 12.1 Å². The van der Waals surface area contributed by atoms with Crippen molar-refractivity contribution in [1.29, 1.82) is 0 Å². The van der Waals surface area contributed by atoms with Crippen LogP contribution in [-0.4, -0.2) is 5.97 Å². The Kier molecular flexibility index (Phi) is 4.65. The van der Waals surface area contributed by atoms with Gasteiger partial charge in [-0.1, -0.05) is 24.3 Å². The summed E-state index contributed by atoms with van der Waals surface area (Å²) in [6.07, 6.45) is -2.03. The Labute approximate surface area is 125 Å². The second-order valence-corrected chi connectivity index (χ2v) is 4.69. The molecule has 0 aromatic heterocycles. The van der Waals surface area contributed by atoms with Gasteiger partial charge in [-0.3, -0.25) is 0 Å². The molecule has 0 atom stereocenters. The average molecular weight is 306 g/mol. The lowest BCUT2D eigenvalue weighted by molar-refractivity contribution is -0.137. The molecule has 0 N–H and O–H groups in total. The van der Waals surface area contributed by atoms with E-state index in [9.17, 15) is 18.0 Å². The Morgan fingerprint density at radius 2 is 1.82 bits per heavy atom. The first-order valence-corrected chi connectivity index (χ1v) is 6.48. The summed E-state index contributed by atoms with van der Waals surface area (Å²) in [5.41, 5.74) is 0.449. The number of halogens is 3. The molecule has 0 aliphatic carbocycles. The molecule has 2 nitrogen and oxygen atoms in total. The number of carbonyl (C=O) groups excluding carboxylic acids is 1. The van der Waals surface area contributed by atoms with Gasteiger partial charge in [0.05, 0.1) is 5.56 Å². The monoisotopic (exact) mass is 306 g/mol. The Bertz CT molecular complexity index is 703. The molecule has 0 radical (unpaired) electrons. The summed E-state index contributed by atoms with van der Waals surface area (Å²) in [7, 11) is 0. The highest BCUT2D eigenvalue weighted by Crippen LogP contribution is 2.29. The fourth-order valence-electron chi connectivity index (χ4n) is 1.81. The van der Waals surface area contributed by atoms with E-state index in [0.29, 0.717) is 5.75 Å². The van der Waals surface area contributed by atoms with Crippen molar-refractivity contribution < 1.29 is 22.7 Å². The number of rotatable bonds is 3. The van der Waals surface area contributed by atoms with Crippen molar-refractivity contribution in [3.63, 3.8) is 0 Å². The van der Waals surface area contributed by atoms with Crippen molar-refractivity contribution >= 4 is 12.0 Å². The van der Waals surface area contributed by atoms with Crippen LogP contribution in [0.2, 0.25) is 0 Å². The highest BCUT2D eigenvalue weighted by Gasteiger charge is 2.30. The van der Waals surface area contributed by atoms with E-state index in [2.05, 4.69) is 0 Å². The predicted octanol–water partition coefficient (Wildman–Crippen LogP) is 4.63. The van der Waals surface area contributed by atoms with Crippen molar-refractivity contribution in [3.05, 3.63) is 71.3 Å². The molecule has 5 heteroatoms. The topological polar surface area (TPSA) is 26.3 Å². The fraction of sp³-hybridized carbons (Fsp3) is 0.118. The molecule has 0 unspecified atom stereocenters. The maximum Gasteiger partial charge on any atom is 0.416 e. The van der Waals surface area contributed by atoms with Crippen molar-refractivity contribution in [2.45, 2.75) is 13.1 Å². The molecule has 0 spiro atoms. The molecule has 2 rings (SSSR count). The largest absolute Gasteiger partial charge is 0.423 e. The van der Waals surface area contributed by atoms with Gasteiger partial charge in [0.1, 0.15) is 5.75 Å². The quantitative estimate of drug-likeness (QED) is 0.469. The summed E-state index contributed by atoms with van der Waals surface area (Å²) in [5, 5.41) is 0. The standard InChI is InChI=1S/C17H13F3O2/c1-12-4-2-7-15(10-12)22-16(21)9-8-13-5-3-6-14(11-13)17(18,19)20/h2-11H,1H3/b9-8+. The van der Waals surface area contributed by atoms with Crippen LogP contribution in [0.4, 0.5) is 13.2 Å². The molecule has 114 valence electrons. The van der Waals surface area contributed by atoms with E-state index < -0.39 is 17.7 Å². The van der Waals surface area contributed by atoms with Crippen LogP contribution in [-0.2, 0) is 11.0 Å². The minimum absolute atomic E-state index is 0.274. The first kappa shape index (κ1) is 15.8. The number of hydrogen-bond donors (Lipinski definition) is 0. The van der Waals surface area contributed by atoms with Gasteiger partial charge in [-0.15, -0.1) is 0 Å². The van der Waals surface area contributed by atoms with Gasteiger partial charge in [-0.05, 0) is 48.4 Å². The smallest absolute Gasteiger partial charge is 0.416 e. The molecular weight excluding hydrogens is 293 g/mol. The molecular formula is C17H13F3O2. The van der Waals surface area contributed by atoms with Crippen LogP contribution in [0.3, 0.4) is 0 Å². The Hall–Kier alpha value is -2.56. The molecule has 2 aromatic carbocycles. The molecule has 22 heavy (non-hydrogen) atoms. The summed E-state index contributed by atoms with van der Waals surface area (Å²) >= 11 is 0. The molecule has 0 fully saturated rings. The van der Waals surface area contributed by atoms with Crippen LogP contribution in [0, 0.1) is 6.92 Å². The van der Waals surface area contributed by atoms with Gasteiger partial charge in [0.15, 0.2) is 0 Å². The minimum Gasteiger partial charge on any atom is -0.423 e. The molecule has 0 bridgehead atoms. The number of benzene rings is 2. The summed E-state index contributed by atoms with van der Waals surface area (Å²) < 4.78 is 42.8. The number of esters is 1. The van der Waals surface area contributed by atoms with Crippen molar-refractivity contribution in [1.82, 2.24) is 0 Å². The lowest BCUT2D eigenvalue weighted by Crippen LogP contribution is -2.05. The van der Waals surface area contributed by atoms with E-state index in [4.69, 9.17) is 4.74 Å². The molecule has 0 saturated carbocycles. The van der Waals surface area contributed by atoms with E-state index in [0.717, 1.165) is 23.8 Å². The molecule has 0 amide bonds. The normalized spacial score (nSPS) is 11.6. The van der Waals surface area contributed by atoms with Crippen LogP contribution >= 0.6 is 0 Å². The average Bonchev–Trinajstić information content (AvgIpc) is 2.45. The van der Waals surface area contributed by atoms with E-state index in [1.54, 1.807) is 18.2 Å². The lowest BCUT2D eigenvalue weighted by atomic mass is 10.1. The SMILES string of the molecule is Cc1cccc(OC(=O)/C=C/c2cccc(C(F)(F)F)c2)c1. The van der Waals surface area contributed by atoms with Gasteiger partial charge in [-0.2, -0.15) is 13.2 Å². The van der Waals surface area contributed by atoms with Crippen LogP contribution in [0.25, 0.3) is 6.08 Å². The summed E-state index contributed by atoms with van der Waals surface area (Å²) in [6.45, 7) is 1.86. The molecule has 0 heterocycles. The van der Waals surface area contributed by atoms with Crippen molar-refractivity contribution in [2.75, 3.05) is 0 Å². The third-order valence-electron chi connectivity index (χ3n) is 2.83. The second kappa shape index (κ2) is 6.47. The number of carbonyl (C=O) groups is 1. The van der Waals surface area contributed by atoms with Gasteiger partial charge in [-0.25, -0.2) is 4.79 Å². The van der Waals surface area contributed by atoms with Crippen molar-refractivity contribution in [3.8, 4) is 5.75 Å². The second-order valence-electron chi connectivity index (χ2n) is 4.69. The Morgan fingerprint density at radius 3 is 2.50 bits per heavy atom.